The first kappa shape index (κ1) is 20.2. The molecular formula is C23H23ClFNO2. The highest BCUT2D eigenvalue weighted by atomic mass is 35.5. The van der Waals surface area contributed by atoms with Crippen LogP contribution in [0.4, 0.5) is 4.39 Å². The fourth-order valence-corrected chi connectivity index (χ4v) is 2.87. The van der Waals surface area contributed by atoms with E-state index in [1.54, 1.807) is 12.1 Å². The molecule has 0 saturated heterocycles. The van der Waals surface area contributed by atoms with Crippen LogP contribution in [0.15, 0.2) is 66.7 Å². The lowest BCUT2D eigenvalue weighted by atomic mass is 10.1. The van der Waals surface area contributed by atoms with Crippen molar-refractivity contribution in [2.24, 2.45) is 0 Å². The number of benzene rings is 3. The van der Waals surface area contributed by atoms with Gasteiger partial charge in [-0.25, -0.2) is 4.39 Å². The van der Waals surface area contributed by atoms with Crippen molar-refractivity contribution in [2.45, 2.75) is 26.6 Å². The van der Waals surface area contributed by atoms with Crippen LogP contribution >= 0.6 is 11.6 Å². The monoisotopic (exact) mass is 399 g/mol. The van der Waals surface area contributed by atoms with Gasteiger partial charge in [-0.05, 0) is 60.0 Å². The van der Waals surface area contributed by atoms with E-state index in [-0.39, 0.29) is 5.82 Å². The maximum atomic E-state index is 13.0. The third kappa shape index (κ3) is 5.98. The van der Waals surface area contributed by atoms with E-state index in [4.69, 9.17) is 21.1 Å². The van der Waals surface area contributed by atoms with Gasteiger partial charge >= 0.3 is 0 Å². The molecular weight excluding hydrogens is 377 g/mol. The summed E-state index contributed by atoms with van der Waals surface area (Å²) in [5, 5.41) is 4.06. The van der Waals surface area contributed by atoms with E-state index in [9.17, 15) is 4.39 Å². The topological polar surface area (TPSA) is 30.5 Å². The first-order valence-corrected chi connectivity index (χ1v) is 9.60. The summed E-state index contributed by atoms with van der Waals surface area (Å²) in [7, 11) is 0. The fourth-order valence-electron chi connectivity index (χ4n) is 2.75. The van der Waals surface area contributed by atoms with E-state index < -0.39 is 0 Å². The molecule has 0 aromatic heterocycles. The lowest BCUT2D eigenvalue weighted by Crippen LogP contribution is -2.13. The van der Waals surface area contributed by atoms with Crippen LogP contribution in [0.5, 0.6) is 11.5 Å². The Morgan fingerprint density at radius 2 is 1.43 bits per heavy atom. The molecule has 28 heavy (non-hydrogen) atoms. The fraction of sp³-hybridized carbons (Fsp3) is 0.217. The van der Waals surface area contributed by atoms with Crippen LogP contribution < -0.4 is 14.8 Å². The maximum Gasteiger partial charge on any atom is 0.161 e. The predicted molar refractivity (Wildman–Crippen MR) is 110 cm³/mol. The molecule has 146 valence electrons. The summed E-state index contributed by atoms with van der Waals surface area (Å²) >= 11 is 5.92. The van der Waals surface area contributed by atoms with Gasteiger partial charge in [-0.2, -0.15) is 0 Å². The Morgan fingerprint density at radius 3 is 2.14 bits per heavy atom. The molecule has 3 aromatic carbocycles. The van der Waals surface area contributed by atoms with Crippen LogP contribution in [0.3, 0.4) is 0 Å². The Bertz CT molecular complexity index is 882. The third-order valence-corrected chi connectivity index (χ3v) is 4.44. The van der Waals surface area contributed by atoms with Gasteiger partial charge in [-0.15, -0.1) is 0 Å². The van der Waals surface area contributed by atoms with Gasteiger partial charge in [0.1, 0.15) is 12.4 Å². The number of rotatable bonds is 9. The lowest BCUT2D eigenvalue weighted by molar-refractivity contribution is 0.269. The van der Waals surface area contributed by atoms with E-state index in [2.05, 4.69) is 5.32 Å². The summed E-state index contributed by atoms with van der Waals surface area (Å²) < 4.78 is 24.6. The Morgan fingerprint density at radius 1 is 0.786 bits per heavy atom. The summed E-state index contributed by atoms with van der Waals surface area (Å²) in [5.74, 6) is 1.20. The molecule has 0 aliphatic rings. The summed E-state index contributed by atoms with van der Waals surface area (Å²) in [5.41, 5.74) is 3.16. The minimum Gasteiger partial charge on any atom is -0.490 e. The highest BCUT2D eigenvalue weighted by Crippen LogP contribution is 2.29. The van der Waals surface area contributed by atoms with Crippen LogP contribution in [0.25, 0.3) is 0 Å². The van der Waals surface area contributed by atoms with Gasteiger partial charge in [0, 0.05) is 18.1 Å². The van der Waals surface area contributed by atoms with Gasteiger partial charge in [0.2, 0.25) is 0 Å². The molecule has 0 fully saturated rings. The van der Waals surface area contributed by atoms with E-state index in [0.717, 1.165) is 22.4 Å². The number of hydrogen-bond donors (Lipinski definition) is 1. The quantitative estimate of drug-likeness (QED) is 0.497. The largest absolute Gasteiger partial charge is 0.490 e. The van der Waals surface area contributed by atoms with Crippen molar-refractivity contribution in [1.29, 1.82) is 0 Å². The zero-order valence-corrected chi connectivity index (χ0v) is 16.5. The normalized spacial score (nSPS) is 10.7. The Hall–Kier alpha value is -2.56. The predicted octanol–water partition coefficient (Wildman–Crippen LogP) is 5.75. The van der Waals surface area contributed by atoms with Gasteiger partial charge in [-0.1, -0.05) is 41.9 Å². The van der Waals surface area contributed by atoms with Crippen molar-refractivity contribution in [3.63, 3.8) is 0 Å². The molecule has 0 radical (unpaired) electrons. The Balaban J connectivity index is 1.59. The zero-order chi connectivity index (χ0) is 19.8. The number of nitrogens with one attached hydrogen (secondary N) is 1. The van der Waals surface area contributed by atoms with Crippen molar-refractivity contribution in [2.75, 3.05) is 6.61 Å². The van der Waals surface area contributed by atoms with Crippen molar-refractivity contribution in [3.8, 4) is 11.5 Å². The number of halogens is 2. The Labute approximate surface area is 170 Å². The lowest BCUT2D eigenvalue weighted by Gasteiger charge is -2.14. The van der Waals surface area contributed by atoms with Crippen molar-refractivity contribution < 1.29 is 13.9 Å². The summed E-state index contributed by atoms with van der Waals surface area (Å²) in [6.07, 6.45) is 0. The molecule has 3 nitrogen and oxygen atoms in total. The van der Waals surface area contributed by atoms with Gasteiger partial charge < -0.3 is 14.8 Å². The third-order valence-electron chi connectivity index (χ3n) is 4.19. The Kier molecular flexibility index (Phi) is 7.29. The average Bonchev–Trinajstić information content (AvgIpc) is 2.70. The number of hydrogen-bond acceptors (Lipinski definition) is 3. The number of ether oxygens (including phenoxy) is 2. The molecule has 0 saturated carbocycles. The average molecular weight is 400 g/mol. The molecule has 3 aromatic rings. The second-order valence-corrected chi connectivity index (χ2v) is 6.80. The first-order chi connectivity index (χ1) is 13.6. The minimum absolute atomic E-state index is 0.223. The van der Waals surface area contributed by atoms with Crippen LogP contribution in [0.1, 0.15) is 23.6 Å². The SMILES string of the molecule is CCOc1cc(CNCc2ccc(F)cc2)ccc1OCc1ccc(Cl)cc1. The summed E-state index contributed by atoms with van der Waals surface area (Å²) in [4.78, 5) is 0. The summed E-state index contributed by atoms with van der Waals surface area (Å²) in [6, 6.07) is 20.0. The smallest absolute Gasteiger partial charge is 0.161 e. The van der Waals surface area contributed by atoms with Crippen LogP contribution in [0, 0.1) is 5.82 Å². The van der Waals surface area contributed by atoms with Crippen LogP contribution in [-0.4, -0.2) is 6.61 Å². The van der Waals surface area contributed by atoms with Crippen molar-refractivity contribution in [1.82, 2.24) is 5.32 Å². The highest BCUT2D eigenvalue weighted by molar-refractivity contribution is 6.30. The second kappa shape index (κ2) is 10.1. The molecule has 3 rings (SSSR count). The van der Waals surface area contributed by atoms with Gasteiger partial charge in [0.15, 0.2) is 11.5 Å². The maximum absolute atomic E-state index is 13.0. The first-order valence-electron chi connectivity index (χ1n) is 9.22. The molecule has 0 spiro atoms. The van der Waals surface area contributed by atoms with E-state index in [1.165, 1.54) is 12.1 Å². The molecule has 0 aliphatic heterocycles. The van der Waals surface area contributed by atoms with Gasteiger partial charge in [0.05, 0.1) is 6.61 Å². The van der Waals surface area contributed by atoms with Crippen LogP contribution in [0.2, 0.25) is 5.02 Å². The molecule has 0 aliphatic carbocycles. The molecule has 0 unspecified atom stereocenters. The molecule has 5 heteroatoms. The van der Waals surface area contributed by atoms with E-state index >= 15 is 0 Å². The van der Waals surface area contributed by atoms with E-state index in [1.807, 2.05) is 49.4 Å². The molecule has 0 amide bonds. The molecule has 0 bridgehead atoms. The van der Waals surface area contributed by atoms with E-state index in [0.29, 0.717) is 37.1 Å². The summed E-state index contributed by atoms with van der Waals surface area (Å²) in [6.45, 7) is 4.29. The van der Waals surface area contributed by atoms with Gasteiger partial charge in [0.25, 0.3) is 0 Å². The standard InChI is InChI=1S/C23H23ClFNO2/c1-2-27-23-13-19(15-26-14-17-5-10-21(25)11-6-17)7-12-22(23)28-16-18-3-8-20(24)9-4-18/h3-13,26H,2,14-16H2,1H3. The molecule has 0 heterocycles. The zero-order valence-electron chi connectivity index (χ0n) is 15.8. The molecule has 1 N–H and O–H groups in total. The second-order valence-electron chi connectivity index (χ2n) is 6.36. The van der Waals surface area contributed by atoms with Gasteiger partial charge in [-0.3, -0.25) is 0 Å². The van der Waals surface area contributed by atoms with Crippen molar-refractivity contribution in [3.05, 3.63) is 94.3 Å². The minimum atomic E-state index is -0.223. The van der Waals surface area contributed by atoms with Crippen LogP contribution in [-0.2, 0) is 19.7 Å². The highest BCUT2D eigenvalue weighted by Gasteiger charge is 2.07. The molecule has 0 atom stereocenters. The van der Waals surface area contributed by atoms with Crippen molar-refractivity contribution >= 4 is 11.6 Å².